The minimum atomic E-state index is -1.11. The molecule has 0 saturated carbocycles. The number of carbonyl (C=O) groups is 2. The first kappa shape index (κ1) is 39.0. The Morgan fingerprint density at radius 3 is 2.50 bits per heavy atom. The van der Waals surface area contributed by atoms with Gasteiger partial charge in [-0.1, -0.05) is 63.2 Å². The number of anilines is 1. The molecule has 1 aromatic carbocycles. The van der Waals surface area contributed by atoms with Crippen molar-refractivity contribution in [3.8, 4) is 0 Å². The standard InChI is InChI=1S/C32H41N3O6S5.C2H6/c1-7-10-31(8-2)27-25(32(44-16-36,46-19(6)37)13-24(38)28(39)45-27)22-12-20-14-42-11-9-21(20)18(5)26(22)34(31)29(40)33-35-23(17(3)4)15-43-30(35)41;1-2/h9,11-12,19,36-39H,7-8,10,13-16H2,1-6H3,(H,33,40);1-2H3. The molecule has 14 heteroatoms. The molecule has 0 radical (unpaired) electrons. The molecule has 264 valence electrons. The lowest BCUT2D eigenvalue weighted by Crippen LogP contribution is -2.61. The van der Waals surface area contributed by atoms with E-state index in [9.17, 15) is 30.0 Å². The van der Waals surface area contributed by atoms with E-state index in [1.807, 2.05) is 48.5 Å². The van der Waals surface area contributed by atoms with E-state index >= 15 is 0 Å². The number of rotatable bonds is 8. The maximum atomic E-state index is 14.9. The smallest absolute Gasteiger partial charge is 0.341 e. The Balaban J connectivity index is 0.00000255. The van der Waals surface area contributed by atoms with Crippen LogP contribution in [0.25, 0.3) is 11.6 Å². The van der Waals surface area contributed by atoms with Crippen LogP contribution in [-0.2, 0) is 5.75 Å². The van der Waals surface area contributed by atoms with Crippen molar-refractivity contribution >= 4 is 87.4 Å². The first-order valence-corrected chi connectivity index (χ1v) is 20.9. The molecule has 0 spiro atoms. The van der Waals surface area contributed by atoms with Crippen LogP contribution in [0.2, 0.25) is 0 Å². The first-order valence-electron chi connectivity index (χ1n) is 16.2. The van der Waals surface area contributed by atoms with Crippen LogP contribution >= 0.6 is 58.8 Å². The van der Waals surface area contributed by atoms with E-state index in [4.69, 9.17) is 0 Å². The van der Waals surface area contributed by atoms with E-state index in [1.165, 1.54) is 28.5 Å². The second kappa shape index (κ2) is 16.0. The molecule has 4 aliphatic heterocycles. The van der Waals surface area contributed by atoms with E-state index in [0.29, 0.717) is 35.6 Å². The van der Waals surface area contributed by atoms with Gasteiger partial charge < -0.3 is 20.4 Å². The summed E-state index contributed by atoms with van der Waals surface area (Å²) in [4.78, 5) is 30.4. The highest BCUT2D eigenvalue weighted by molar-refractivity contribution is 8.19. The maximum absolute atomic E-state index is 14.9. The summed E-state index contributed by atoms with van der Waals surface area (Å²) in [5, 5.41) is 46.8. The van der Waals surface area contributed by atoms with E-state index in [1.54, 1.807) is 23.6 Å². The Bertz CT molecular complexity index is 1570. The molecule has 0 aliphatic carbocycles. The molecule has 1 saturated heterocycles. The molecule has 5 N–H and O–H groups in total. The van der Waals surface area contributed by atoms with E-state index < -0.39 is 21.1 Å². The third-order valence-electron chi connectivity index (χ3n) is 8.73. The number of aliphatic hydroxyl groups excluding tert-OH is 4. The molecular weight excluding hydrogens is 707 g/mol. The largest absolute Gasteiger partial charge is 0.508 e. The van der Waals surface area contributed by atoms with Gasteiger partial charge in [0.15, 0.2) is 5.09 Å². The minimum absolute atomic E-state index is 0.0444. The third kappa shape index (κ3) is 6.91. The van der Waals surface area contributed by atoms with Crippen LogP contribution in [0.15, 0.2) is 38.5 Å². The summed E-state index contributed by atoms with van der Waals surface area (Å²) < 4.78 is -1.11. The summed E-state index contributed by atoms with van der Waals surface area (Å²) >= 11 is 6.25. The van der Waals surface area contributed by atoms with Crippen molar-refractivity contribution in [2.24, 2.45) is 0 Å². The number of benzene rings is 1. The Labute approximate surface area is 305 Å². The number of hydrogen-bond acceptors (Lipinski definition) is 11. The van der Waals surface area contributed by atoms with Crippen molar-refractivity contribution in [1.29, 1.82) is 0 Å². The summed E-state index contributed by atoms with van der Waals surface area (Å²) in [6, 6.07) is 1.61. The van der Waals surface area contributed by atoms with Crippen molar-refractivity contribution < 1.29 is 30.0 Å². The molecule has 3 unspecified atom stereocenters. The van der Waals surface area contributed by atoms with Crippen LogP contribution in [0.5, 0.6) is 0 Å². The number of thioether (sulfide) groups is 5. The number of allylic oxidation sites excluding steroid dienone is 2. The van der Waals surface area contributed by atoms with Crippen molar-refractivity contribution in [2.75, 3.05) is 16.6 Å². The Morgan fingerprint density at radius 1 is 1.19 bits per heavy atom. The van der Waals surface area contributed by atoms with Gasteiger partial charge in [0, 0.05) is 34.0 Å². The van der Waals surface area contributed by atoms with Gasteiger partial charge in [-0.15, -0.1) is 35.3 Å². The number of hydrazine groups is 1. The molecular formula is C34H47N3O6S5. The monoisotopic (exact) mass is 753 g/mol. The molecule has 1 fully saturated rings. The van der Waals surface area contributed by atoms with Gasteiger partial charge in [-0.3, -0.25) is 9.69 Å². The summed E-state index contributed by atoms with van der Waals surface area (Å²) in [6.45, 7) is 15.5. The predicted molar refractivity (Wildman–Crippen MR) is 208 cm³/mol. The van der Waals surface area contributed by atoms with Crippen molar-refractivity contribution in [2.45, 2.75) is 102 Å². The molecule has 9 nitrogen and oxygen atoms in total. The summed E-state index contributed by atoms with van der Waals surface area (Å²) in [5.74, 6) is 0.636. The molecule has 0 aromatic heterocycles. The van der Waals surface area contributed by atoms with E-state index in [2.05, 4.69) is 23.0 Å². The van der Waals surface area contributed by atoms with Crippen molar-refractivity contribution in [3.63, 3.8) is 0 Å². The molecule has 3 amide bonds. The Hall–Kier alpha value is -1.81. The minimum Gasteiger partial charge on any atom is -0.508 e. The van der Waals surface area contributed by atoms with Crippen LogP contribution in [0.3, 0.4) is 0 Å². The lowest BCUT2D eigenvalue weighted by atomic mass is 9.77. The van der Waals surface area contributed by atoms with Crippen molar-refractivity contribution in [3.05, 3.63) is 60.8 Å². The molecule has 5 rings (SSSR count). The van der Waals surface area contributed by atoms with Gasteiger partial charge >= 0.3 is 11.3 Å². The number of nitrogens with zero attached hydrogens (tertiary/aromatic N) is 2. The van der Waals surface area contributed by atoms with Crippen molar-refractivity contribution in [1.82, 2.24) is 10.4 Å². The Kier molecular flexibility index (Phi) is 13.0. The topological polar surface area (TPSA) is 134 Å². The average molecular weight is 754 g/mol. The maximum Gasteiger partial charge on any atom is 0.341 e. The van der Waals surface area contributed by atoms with Crippen LogP contribution in [0, 0.1) is 6.92 Å². The van der Waals surface area contributed by atoms with Crippen LogP contribution in [0.4, 0.5) is 15.3 Å². The van der Waals surface area contributed by atoms with Crippen LogP contribution in [-0.4, -0.2) is 63.5 Å². The fourth-order valence-corrected chi connectivity index (χ4v) is 12.7. The summed E-state index contributed by atoms with van der Waals surface area (Å²) in [6.07, 6.45) is 3.67. The normalized spacial score (nSPS) is 24.0. The number of urea groups is 1. The number of hydrogen-bond donors (Lipinski definition) is 5. The number of nitrogens with one attached hydrogen (secondary N) is 1. The molecule has 4 aliphatic rings. The van der Waals surface area contributed by atoms with E-state index in [0.717, 1.165) is 68.4 Å². The molecule has 3 atom stereocenters. The van der Waals surface area contributed by atoms with Gasteiger partial charge in [-0.25, -0.2) is 15.2 Å². The summed E-state index contributed by atoms with van der Waals surface area (Å²) in [7, 11) is 0. The quantitative estimate of drug-likeness (QED) is 0.163. The summed E-state index contributed by atoms with van der Waals surface area (Å²) in [5.41, 5.74) is 7.91. The highest BCUT2D eigenvalue weighted by Gasteiger charge is 2.56. The lowest BCUT2D eigenvalue weighted by molar-refractivity contribution is 0.201. The fraction of sp³-hybridized carbons (Fsp3) is 0.529. The number of fused-ring (bicyclic) bond motifs is 3. The van der Waals surface area contributed by atoms with Gasteiger partial charge in [0.05, 0.1) is 32.4 Å². The van der Waals surface area contributed by atoms with Gasteiger partial charge in [0.2, 0.25) is 0 Å². The van der Waals surface area contributed by atoms with E-state index in [-0.39, 0.29) is 28.4 Å². The highest BCUT2D eigenvalue weighted by Crippen LogP contribution is 2.65. The number of amides is 3. The average Bonchev–Trinajstić information content (AvgIpc) is 3.36. The highest BCUT2D eigenvalue weighted by atomic mass is 32.2. The van der Waals surface area contributed by atoms with Crippen LogP contribution in [0.1, 0.15) is 96.4 Å². The second-order valence-electron chi connectivity index (χ2n) is 11.8. The zero-order chi connectivity index (χ0) is 35.6. The number of aliphatic hydroxyl groups is 4. The zero-order valence-corrected chi connectivity index (χ0v) is 32.9. The second-order valence-corrected chi connectivity index (χ2v) is 17.7. The molecule has 48 heavy (non-hydrogen) atoms. The van der Waals surface area contributed by atoms with Gasteiger partial charge in [-0.05, 0) is 74.8 Å². The number of carbonyl (C=O) groups excluding carboxylic acids is 2. The zero-order valence-electron chi connectivity index (χ0n) is 28.8. The van der Waals surface area contributed by atoms with Gasteiger partial charge in [0.25, 0.3) is 0 Å². The SMILES string of the molecule is CC.CCCC1(CC)C2=C(c3cc4c(c(C)c3N1C(=O)NN1C(=O)SCC1=C(C)C)C=CSC4)C(SCO)(SC(C)O)CC(O)=C(O)S2. The predicted octanol–water partition coefficient (Wildman–Crippen LogP) is 9.68. The molecule has 4 heterocycles. The fourth-order valence-electron chi connectivity index (χ4n) is 6.77. The van der Waals surface area contributed by atoms with Crippen LogP contribution < -0.4 is 10.3 Å². The first-order chi connectivity index (χ1) is 22.9. The molecule has 0 bridgehead atoms. The van der Waals surface area contributed by atoms with Gasteiger partial charge in [0.1, 0.15) is 5.76 Å². The Morgan fingerprint density at radius 2 is 1.90 bits per heavy atom. The van der Waals surface area contributed by atoms with Gasteiger partial charge in [-0.2, -0.15) is 0 Å². The molecule has 1 aromatic rings. The lowest BCUT2D eigenvalue weighted by Gasteiger charge is -2.52. The third-order valence-corrected chi connectivity index (χ3v) is 14.3.